The van der Waals surface area contributed by atoms with Crippen LogP contribution in [0, 0.1) is 0 Å². The van der Waals surface area contributed by atoms with Gasteiger partial charge in [-0.3, -0.25) is 0 Å². The zero-order valence-corrected chi connectivity index (χ0v) is 22.5. The van der Waals surface area contributed by atoms with E-state index < -0.39 is 113 Å². The van der Waals surface area contributed by atoms with Gasteiger partial charge in [-0.1, -0.05) is 121 Å². The van der Waals surface area contributed by atoms with Gasteiger partial charge < -0.3 is 9.13 Å². The Bertz CT molecular complexity index is 3600. The summed E-state index contributed by atoms with van der Waals surface area (Å²) in [5.74, 6) is 0. The van der Waals surface area contributed by atoms with Crippen LogP contribution in [0.1, 0.15) is 27.4 Å². The second-order valence-corrected chi connectivity index (χ2v) is 9.82. The highest BCUT2D eigenvalue weighted by molar-refractivity contribution is 6.22. The topological polar surface area (TPSA) is 9.86 Å². The number of para-hydroxylation sites is 3. The molecular weight excluding hydrogens is 532 g/mol. The van der Waals surface area contributed by atoms with Crippen molar-refractivity contribution < 1.29 is 27.4 Å². The van der Waals surface area contributed by atoms with Crippen molar-refractivity contribution in [2.75, 3.05) is 0 Å². The fourth-order valence-electron chi connectivity index (χ4n) is 5.67. The van der Waals surface area contributed by atoms with Crippen molar-refractivity contribution in [3.8, 4) is 33.6 Å². The van der Waals surface area contributed by atoms with Crippen LogP contribution in [0.3, 0.4) is 0 Å². The Kier molecular flexibility index (Phi) is 2.70. The zero-order valence-electron chi connectivity index (χ0n) is 42.5. The molecule has 0 aliphatic heterocycles. The molecule has 0 aliphatic rings. The summed E-state index contributed by atoms with van der Waals surface area (Å²) in [6, 6.07) is -0.849. The largest absolute Gasteiger partial charge is 0.309 e. The van der Waals surface area contributed by atoms with Crippen LogP contribution in [-0.4, -0.2) is 9.13 Å². The van der Waals surface area contributed by atoms with Crippen LogP contribution in [-0.2, 0) is 0 Å². The second kappa shape index (κ2) is 9.86. The molecule has 0 fully saturated rings. The lowest BCUT2D eigenvalue weighted by atomic mass is 9.95. The van der Waals surface area contributed by atoms with Gasteiger partial charge in [-0.15, -0.1) is 0 Å². The Morgan fingerprint density at radius 1 is 0.364 bits per heavy atom. The molecule has 2 nitrogen and oxygen atoms in total. The van der Waals surface area contributed by atoms with Gasteiger partial charge in [0.2, 0.25) is 0 Å². The minimum atomic E-state index is -0.821. The predicted molar refractivity (Wildman–Crippen MR) is 186 cm³/mol. The van der Waals surface area contributed by atoms with E-state index in [-0.39, 0.29) is 79.2 Å². The summed E-state index contributed by atoms with van der Waals surface area (Å²) in [7, 11) is 0. The highest BCUT2D eigenvalue weighted by atomic mass is 15.0. The smallest absolute Gasteiger partial charge is 0.0645 e. The molecule has 0 radical (unpaired) electrons. The fraction of sp³-hybridized carbons (Fsp3) is 0. The molecule has 0 aliphatic carbocycles. The van der Waals surface area contributed by atoms with Crippen molar-refractivity contribution in [3.63, 3.8) is 0 Å². The Labute approximate surface area is 283 Å². The van der Waals surface area contributed by atoms with E-state index in [1.165, 1.54) is 41.0 Å². The first-order valence-corrected chi connectivity index (χ1v) is 13.5. The molecule has 2 heterocycles. The van der Waals surface area contributed by atoms with Crippen molar-refractivity contribution in [2.45, 2.75) is 0 Å². The van der Waals surface area contributed by atoms with Crippen LogP contribution >= 0.6 is 0 Å². The van der Waals surface area contributed by atoms with E-state index in [0.29, 0.717) is 5.56 Å². The van der Waals surface area contributed by atoms with E-state index in [9.17, 15) is 11.0 Å². The predicted octanol–water partition coefficient (Wildman–Crippen LogP) is 11.2. The Balaban J connectivity index is 1.56. The van der Waals surface area contributed by atoms with Crippen molar-refractivity contribution >= 4 is 43.6 Å². The third-order valence-corrected chi connectivity index (χ3v) is 7.50. The molecule has 44 heavy (non-hydrogen) atoms. The zero-order chi connectivity index (χ0) is 46.4. The maximum absolute atomic E-state index is 9.50. The molecule has 9 aromatic rings. The number of aromatic nitrogens is 2. The van der Waals surface area contributed by atoms with Crippen molar-refractivity contribution in [3.05, 3.63) is 169 Å². The minimum Gasteiger partial charge on any atom is -0.309 e. The molecule has 206 valence electrons. The first-order chi connectivity index (χ1) is 30.1. The third kappa shape index (κ3) is 3.68. The van der Waals surface area contributed by atoms with E-state index in [1.54, 1.807) is 0 Å². The quantitative estimate of drug-likeness (QED) is 0.196. The lowest BCUT2D eigenvalue weighted by Crippen LogP contribution is -1.94. The van der Waals surface area contributed by atoms with Gasteiger partial charge in [-0.05, 0) is 70.6 Å². The lowest BCUT2D eigenvalue weighted by Gasteiger charge is -2.11. The summed E-state index contributed by atoms with van der Waals surface area (Å²) in [5.41, 5.74) is -2.01. The van der Waals surface area contributed by atoms with Crippen LogP contribution in [0.4, 0.5) is 0 Å². The summed E-state index contributed by atoms with van der Waals surface area (Å²) in [6.07, 6.45) is 0. The number of benzene rings is 7. The molecule has 0 unspecified atom stereocenters. The van der Waals surface area contributed by atoms with Gasteiger partial charge in [0.05, 0.1) is 49.5 Å². The maximum atomic E-state index is 9.50. The van der Waals surface area contributed by atoms with Crippen LogP contribution in [0.25, 0.3) is 77.2 Å². The van der Waals surface area contributed by atoms with Crippen LogP contribution < -0.4 is 0 Å². The Morgan fingerprint density at radius 3 is 1.55 bits per heavy atom. The normalized spacial score (nSPS) is 18.0. The molecule has 0 saturated heterocycles. The van der Waals surface area contributed by atoms with E-state index >= 15 is 0 Å². The fourth-order valence-corrected chi connectivity index (χ4v) is 5.67. The maximum Gasteiger partial charge on any atom is 0.0645 e. The number of fused-ring (bicyclic) bond motifs is 6. The molecule has 7 aromatic carbocycles. The number of hydrogen-bond acceptors (Lipinski definition) is 0. The van der Waals surface area contributed by atoms with Crippen molar-refractivity contribution in [1.82, 2.24) is 9.13 Å². The monoisotopic (exact) mass is 580 g/mol. The number of nitrogens with zero attached hydrogens (tertiary/aromatic N) is 2. The van der Waals surface area contributed by atoms with Gasteiger partial charge in [0.1, 0.15) is 0 Å². The summed E-state index contributed by atoms with van der Waals surface area (Å²) < 4.78 is 181. The highest BCUT2D eigenvalue weighted by Crippen LogP contribution is 2.43. The molecule has 0 N–H and O–H groups in total. The van der Waals surface area contributed by atoms with Gasteiger partial charge in [-0.2, -0.15) is 0 Å². The summed E-state index contributed by atoms with van der Waals surface area (Å²) >= 11 is 0. The molecule has 0 spiro atoms. The standard InChI is InChI=1S/C42H28N2/c1-3-13-29(14-4-1)30-25-27-32(28-26-30)44-38-22-10-8-18-36(38)42-34(20-12-24-40(42)44)33-19-11-23-39-41(33)35-17-7-9-21-37(35)43(39)31-15-5-2-6-16-31/h1-28H/i1D,2D,7D,8D,9D,10D,11D,12D,13D,15D,16D,17D,18D,19D,20D,21D,22D,23D,24D,25D. The first-order valence-electron chi connectivity index (χ1n) is 23.5. The van der Waals surface area contributed by atoms with Crippen molar-refractivity contribution in [2.24, 2.45) is 0 Å². The van der Waals surface area contributed by atoms with E-state index in [0.717, 1.165) is 16.7 Å². The molecule has 2 aromatic heterocycles. The first kappa shape index (κ1) is 12.0. The summed E-state index contributed by atoms with van der Waals surface area (Å²) in [5, 5.41) is -1.32. The highest BCUT2D eigenvalue weighted by Gasteiger charge is 2.20. The van der Waals surface area contributed by atoms with Crippen LogP contribution in [0.5, 0.6) is 0 Å². The van der Waals surface area contributed by atoms with Crippen LogP contribution in [0.2, 0.25) is 0 Å². The van der Waals surface area contributed by atoms with Gasteiger partial charge in [0.25, 0.3) is 0 Å². The number of hydrogen-bond donors (Lipinski definition) is 0. The second-order valence-electron chi connectivity index (χ2n) is 9.82. The Hall–Kier alpha value is -5.86. The molecule has 0 bridgehead atoms. The van der Waals surface area contributed by atoms with E-state index in [4.69, 9.17) is 16.4 Å². The van der Waals surface area contributed by atoms with Gasteiger partial charge >= 0.3 is 0 Å². The average molecular weight is 581 g/mol. The summed E-state index contributed by atoms with van der Waals surface area (Å²) in [4.78, 5) is 0. The van der Waals surface area contributed by atoms with Gasteiger partial charge in [0.15, 0.2) is 0 Å². The summed E-state index contributed by atoms with van der Waals surface area (Å²) in [6.45, 7) is 0. The molecule has 0 saturated carbocycles. The molecule has 9 rings (SSSR count). The Morgan fingerprint density at radius 2 is 0.909 bits per heavy atom. The van der Waals surface area contributed by atoms with E-state index in [2.05, 4.69) is 0 Å². The molecule has 0 atom stereocenters. The lowest BCUT2D eigenvalue weighted by molar-refractivity contribution is 1.18. The average Bonchev–Trinajstić information content (AvgIpc) is 3.77. The van der Waals surface area contributed by atoms with Gasteiger partial charge in [-0.25, -0.2) is 0 Å². The van der Waals surface area contributed by atoms with Crippen LogP contribution in [0.15, 0.2) is 169 Å². The minimum absolute atomic E-state index is 0.0397. The number of rotatable bonds is 4. The molecular formula is C42H28N2. The van der Waals surface area contributed by atoms with E-state index in [1.807, 2.05) is 0 Å². The molecule has 0 amide bonds. The van der Waals surface area contributed by atoms with Gasteiger partial charge in [0, 0.05) is 32.9 Å². The molecule has 2 heteroatoms. The third-order valence-electron chi connectivity index (χ3n) is 7.50. The van der Waals surface area contributed by atoms with Crippen molar-refractivity contribution in [1.29, 1.82) is 0 Å². The SMILES string of the molecule is [2H]c1ccc(-c2ccc(-n3c4c([2H])c([2H])c([2H])c([2H])c4c4c(-c5c([2H])c([2H])c([2H])c6c5c5c([2H])c([2H])c([2H])c([2H])c5n6-c5c([2H])cc([2H])cc5[2H])c([2H])c([2H])c([2H])c43)cc2[2H])c([2H])c1.